The Hall–Kier alpha value is -0.820. The lowest BCUT2D eigenvalue weighted by molar-refractivity contribution is -0.0540. The first-order valence-electron chi connectivity index (χ1n) is 11.9. The van der Waals surface area contributed by atoms with Crippen LogP contribution in [0.25, 0.3) is 0 Å². The number of aliphatic hydroxyl groups excluding tert-OH is 1. The van der Waals surface area contributed by atoms with E-state index in [0.29, 0.717) is 16.7 Å². The van der Waals surface area contributed by atoms with Crippen LogP contribution in [0.1, 0.15) is 86.0 Å². The third-order valence-corrected chi connectivity index (χ3v) is 9.63. The molecule has 0 heterocycles. The first-order valence-corrected chi connectivity index (χ1v) is 11.9. The van der Waals surface area contributed by atoms with Crippen molar-refractivity contribution < 1.29 is 5.11 Å². The van der Waals surface area contributed by atoms with Gasteiger partial charge in [0.15, 0.2) is 0 Å². The van der Waals surface area contributed by atoms with E-state index in [1.54, 1.807) is 5.57 Å². The molecule has 0 bridgehead atoms. The van der Waals surface area contributed by atoms with Crippen LogP contribution in [-0.2, 0) is 0 Å². The molecule has 0 radical (unpaired) electrons. The zero-order valence-electron chi connectivity index (χ0n) is 18.9. The molecule has 4 aliphatic carbocycles. The van der Waals surface area contributed by atoms with E-state index in [9.17, 15) is 5.11 Å². The Morgan fingerprint density at radius 2 is 1.89 bits per heavy atom. The van der Waals surface area contributed by atoms with Crippen LogP contribution < -0.4 is 0 Å². The smallest absolute Gasteiger partial charge is 0.0577 e. The predicted octanol–water partition coefficient (Wildman–Crippen LogP) is 7.08. The van der Waals surface area contributed by atoms with E-state index in [-0.39, 0.29) is 6.10 Å². The standard InChI is InChI=1S/C27H42O/c1-18(2)7-6-8-19(3)23-11-12-24-22-10-9-20-17-21(28)13-15-26(20,4)25(22)14-16-27(23,24)5/h6-9,19,21-25,28H,10-17H2,1-5H3/b8-6+/t19-,21?,22+,23-,24+,25+,26+,27-/m1/s1. The molecule has 8 atom stereocenters. The van der Waals surface area contributed by atoms with Crippen LogP contribution in [0.15, 0.2) is 35.5 Å². The minimum Gasteiger partial charge on any atom is -0.393 e. The maximum atomic E-state index is 10.2. The monoisotopic (exact) mass is 382 g/mol. The first-order chi connectivity index (χ1) is 13.3. The van der Waals surface area contributed by atoms with Crippen LogP contribution in [0.5, 0.6) is 0 Å². The molecule has 4 aliphatic rings. The van der Waals surface area contributed by atoms with E-state index in [0.717, 1.165) is 36.5 Å². The Labute approximate surface area is 173 Å². The number of aliphatic hydroxyl groups is 1. The van der Waals surface area contributed by atoms with Crippen LogP contribution in [-0.4, -0.2) is 11.2 Å². The summed E-state index contributed by atoms with van der Waals surface area (Å²) in [5, 5.41) is 10.2. The minimum absolute atomic E-state index is 0.0889. The molecule has 0 aromatic heterocycles. The Bertz CT molecular complexity index is 680. The van der Waals surface area contributed by atoms with Gasteiger partial charge in [-0.3, -0.25) is 0 Å². The van der Waals surface area contributed by atoms with Crippen LogP contribution in [0.2, 0.25) is 0 Å². The molecule has 1 unspecified atom stereocenters. The van der Waals surface area contributed by atoms with Gasteiger partial charge >= 0.3 is 0 Å². The van der Waals surface area contributed by atoms with E-state index in [1.807, 2.05) is 0 Å². The molecule has 4 rings (SSSR count). The summed E-state index contributed by atoms with van der Waals surface area (Å²) >= 11 is 0. The average molecular weight is 383 g/mol. The number of rotatable bonds is 3. The second-order valence-corrected chi connectivity index (χ2v) is 11.4. The third-order valence-electron chi connectivity index (χ3n) is 9.63. The fourth-order valence-corrected chi connectivity index (χ4v) is 8.10. The van der Waals surface area contributed by atoms with E-state index in [1.165, 1.54) is 44.1 Å². The normalized spacial score (nSPS) is 46.4. The zero-order chi connectivity index (χ0) is 20.1. The molecule has 1 heteroatoms. The molecule has 0 amide bonds. The molecule has 3 fully saturated rings. The summed E-state index contributed by atoms with van der Waals surface area (Å²) in [5.74, 6) is 4.15. The molecule has 0 spiro atoms. The highest BCUT2D eigenvalue weighted by molar-refractivity contribution is 5.25. The number of hydrogen-bond acceptors (Lipinski definition) is 1. The van der Waals surface area contributed by atoms with E-state index >= 15 is 0 Å². The molecule has 0 saturated heterocycles. The zero-order valence-corrected chi connectivity index (χ0v) is 18.9. The lowest BCUT2D eigenvalue weighted by atomic mass is 9.47. The first kappa shape index (κ1) is 20.5. The van der Waals surface area contributed by atoms with E-state index in [2.05, 4.69) is 58.9 Å². The van der Waals surface area contributed by atoms with Gasteiger partial charge in [-0.2, -0.15) is 0 Å². The van der Waals surface area contributed by atoms with Gasteiger partial charge in [0.2, 0.25) is 0 Å². The number of allylic oxidation sites excluding steroid dienone is 5. The molecule has 1 nitrogen and oxygen atoms in total. The van der Waals surface area contributed by atoms with Gasteiger partial charge in [0.1, 0.15) is 0 Å². The summed E-state index contributed by atoms with van der Waals surface area (Å²) in [7, 11) is 0. The van der Waals surface area contributed by atoms with E-state index in [4.69, 9.17) is 0 Å². The molecular formula is C27H42O. The van der Waals surface area contributed by atoms with Crippen LogP contribution >= 0.6 is 0 Å². The van der Waals surface area contributed by atoms with Gasteiger partial charge in [0.05, 0.1) is 6.10 Å². The number of hydrogen-bond donors (Lipinski definition) is 1. The third kappa shape index (κ3) is 3.26. The Morgan fingerprint density at radius 3 is 2.64 bits per heavy atom. The van der Waals surface area contributed by atoms with Crippen molar-refractivity contribution in [3.05, 3.63) is 35.5 Å². The molecule has 3 saturated carbocycles. The highest BCUT2D eigenvalue weighted by Gasteiger charge is 2.58. The SMILES string of the molecule is CC(C)=C/C=C/[C@@H](C)[C@H]1CC[C@H]2[C@@H]3CC=C4CC(O)CC[C@]4(C)[C@H]3CC[C@]12C. The summed E-state index contributed by atoms with van der Waals surface area (Å²) in [6.45, 7) is 12.0. The maximum absolute atomic E-state index is 10.2. The highest BCUT2D eigenvalue weighted by atomic mass is 16.3. The lowest BCUT2D eigenvalue weighted by Gasteiger charge is -2.58. The van der Waals surface area contributed by atoms with Gasteiger partial charge < -0.3 is 5.11 Å². The molecule has 156 valence electrons. The van der Waals surface area contributed by atoms with Gasteiger partial charge in [-0.15, -0.1) is 0 Å². The van der Waals surface area contributed by atoms with Crippen molar-refractivity contribution in [2.75, 3.05) is 0 Å². The summed E-state index contributed by atoms with van der Waals surface area (Å²) in [5.41, 5.74) is 3.88. The highest BCUT2D eigenvalue weighted by Crippen LogP contribution is 2.67. The fourth-order valence-electron chi connectivity index (χ4n) is 8.10. The van der Waals surface area contributed by atoms with Crippen molar-refractivity contribution in [2.24, 2.45) is 40.4 Å². The van der Waals surface area contributed by atoms with Crippen molar-refractivity contribution in [1.82, 2.24) is 0 Å². The lowest BCUT2D eigenvalue weighted by Crippen LogP contribution is -2.50. The summed E-state index contributed by atoms with van der Waals surface area (Å²) in [4.78, 5) is 0. The van der Waals surface area contributed by atoms with Crippen molar-refractivity contribution >= 4 is 0 Å². The Balaban J connectivity index is 1.55. The average Bonchev–Trinajstić information content (AvgIpc) is 2.99. The molecule has 28 heavy (non-hydrogen) atoms. The van der Waals surface area contributed by atoms with Crippen molar-refractivity contribution in [2.45, 2.75) is 92.1 Å². The fraction of sp³-hybridized carbons (Fsp3) is 0.778. The van der Waals surface area contributed by atoms with Gasteiger partial charge in [-0.05, 0) is 106 Å². The van der Waals surface area contributed by atoms with Crippen molar-refractivity contribution in [3.8, 4) is 0 Å². The van der Waals surface area contributed by atoms with Crippen LogP contribution in [0, 0.1) is 40.4 Å². The Morgan fingerprint density at radius 1 is 1.11 bits per heavy atom. The van der Waals surface area contributed by atoms with Crippen molar-refractivity contribution in [1.29, 1.82) is 0 Å². The second-order valence-electron chi connectivity index (χ2n) is 11.4. The topological polar surface area (TPSA) is 20.2 Å². The van der Waals surface area contributed by atoms with Gasteiger partial charge in [0, 0.05) is 0 Å². The van der Waals surface area contributed by atoms with Gasteiger partial charge in [-0.1, -0.05) is 56.2 Å². The maximum Gasteiger partial charge on any atom is 0.0577 e. The molecule has 0 aromatic carbocycles. The van der Waals surface area contributed by atoms with Gasteiger partial charge in [-0.25, -0.2) is 0 Å². The summed E-state index contributed by atoms with van der Waals surface area (Å²) in [6.07, 6.45) is 19.6. The molecule has 0 aliphatic heterocycles. The molecular weight excluding hydrogens is 340 g/mol. The predicted molar refractivity (Wildman–Crippen MR) is 119 cm³/mol. The van der Waals surface area contributed by atoms with E-state index < -0.39 is 0 Å². The summed E-state index contributed by atoms with van der Waals surface area (Å²) < 4.78 is 0. The van der Waals surface area contributed by atoms with Crippen LogP contribution in [0.4, 0.5) is 0 Å². The number of fused-ring (bicyclic) bond motifs is 5. The quantitative estimate of drug-likeness (QED) is 0.408. The Kier molecular flexibility index (Phi) is 5.45. The minimum atomic E-state index is -0.0889. The second kappa shape index (κ2) is 7.46. The van der Waals surface area contributed by atoms with Gasteiger partial charge in [0.25, 0.3) is 0 Å². The largest absolute Gasteiger partial charge is 0.393 e. The van der Waals surface area contributed by atoms with Crippen LogP contribution in [0.3, 0.4) is 0 Å². The van der Waals surface area contributed by atoms with Crippen molar-refractivity contribution in [3.63, 3.8) is 0 Å². The molecule has 0 aromatic rings. The molecule has 1 N–H and O–H groups in total. The summed E-state index contributed by atoms with van der Waals surface area (Å²) in [6, 6.07) is 0.